The van der Waals surface area contributed by atoms with Crippen molar-refractivity contribution in [3.8, 4) is 23.0 Å². The molecule has 0 bridgehead atoms. The lowest BCUT2D eigenvalue weighted by atomic mass is 9.99. The SMILES string of the molecule is Oc1ccc(C2COc3cc(O)ccc3N(Cc3cccc(OCCN4CCCCC4)c3)C2)cc1. The summed E-state index contributed by atoms with van der Waals surface area (Å²) in [6.45, 7) is 5.97. The number of anilines is 1. The normalized spacial score (nSPS) is 18.4. The zero-order valence-corrected chi connectivity index (χ0v) is 20.1. The summed E-state index contributed by atoms with van der Waals surface area (Å²) in [7, 11) is 0. The minimum atomic E-state index is 0.120. The van der Waals surface area contributed by atoms with Gasteiger partial charge in [-0.1, -0.05) is 30.7 Å². The monoisotopic (exact) mass is 474 g/mol. The predicted molar refractivity (Wildman–Crippen MR) is 138 cm³/mol. The summed E-state index contributed by atoms with van der Waals surface area (Å²) in [5.74, 6) is 2.14. The molecule has 1 saturated heterocycles. The van der Waals surface area contributed by atoms with E-state index in [4.69, 9.17) is 9.47 Å². The van der Waals surface area contributed by atoms with Crippen molar-refractivity contribution in [2.75, 3.05) is 44.3 Å². The Labute approximate surface area is 207 Å². The number of rotatable bonds is 7. The summed E-state index contributed by atoms with van der Waals surface area (Å²) in [5, 5.41) is 19.7. The average Bonchev–Trinajstić information content (AvgIpc) is 3.04. The molecule has 2 aliphatic rings. The van der Waals surface area contributed by atoms with Crippen LogP contribution >= 0.6 is 0 Å². The molecule has 2 N–H and O–H groups in total. The second-order valence-electron chi connectivity index (χ2n) is 9.53. The number of piperidine rings is 1. The van der Waals surface area contributed by atoms with Gasteiger partial charge < -0.3 is 24.6 Å². The van der Waals surface area contributed by atoms with Crippen LogP contribution in [0.15, 0.2) is 66.7 Å². The maximum Gasteiger partial charge on any atom is 0.146 e. The molecule has 2 heterocycles. The highest BCUT2D eigenvalue weighted by Crippen LogP contribution is 2.38. The number of phenols is 2. The van der Waals surface area contributed by atoms with Crippen molar-refractivity contribution in [1.29, 1.82) is 0 Å². The fourth-order valence-electron chi connectivity index (χ4n) is 5.01. The molecule has 1 unspecified atom stereocenters. The van der Waals surface area contributed by atoms with Crippen LogP contribution in [0.4, 0.5) is 5.69 Å². The number of nitrogens with zero attached hydrogens (tertiary/aromatic N) is 2. The van der Waals surface area contributed by atoms with Crippen LogP contribution in [0.25, 0.3) is 0 Å². The Kier molecular flexibility index (Phi) is 7.28. The van der Waals surface area contributed by atoms with E-state index in [0.717, 1.165) is 35.7 Å². The third-order valence-electron chi connectivity index (χ3n) is 6.93. The van der Waals surface area contributed by atoms with Gasteiger partial charge in [0.1, 0.15) is 29.6 Å². The Hall–Kier alpha value is -3.38. The molecule has 0 spiro atoms. The van der Waals surface area contributed by atoms with Crippen LogP contribution in [0.5, 0.6) is 23.0 Å². The highest BCUT2D eigenvalue weighted by molar-refractivity contribution is 5.62. The van der Waals surface area contributed by atoms with Crippen molar-refractivity contribution >= 4 is 5.69 Å². The van der Waals surface area contributed by atoms with E-state index in [2.05, 4.69) is 28.0 Å². The molecule has 3 aromatic rings. The Morgan fingerprint density at radius 3 is 2.51 bits per heavy atom. The molecule has 5 rings (SSSR count). The van der Waals surface area contributed by atoms with E-state index >= 15 is 0 Å². The van der Waals surface area contributed by atoms with Crippen molar-refractivity contribution < 1.29 is 19.7 Å². The van der Waals surface area contributed by atoms with Gasteiger partial charge in [0.05, 0.1) is 12.3 Å². The quantitative estimate of drug-likeness (QED) is 0.494. The van der Waals surface area contributed by atoms with Crippen LogP contribution in [-0.2, 0) is 6.54 Å². The number of fused-ring (bicyclic) bond motifs is 1. The third kappa shape index (κ3) is 6.01. The molecular weight excluding hydrogens is 440 g/mol. The largest absolute Gasteiger partial charge is 0.508 e. The minimum Gasteiger partial charge on any atom is -0.508 e. The lowest BCUT2D eigenvalue weighted by molar-refractivity contribution is 0.183. The molecule has 184 valence electrons. The van der Waals surface area contributed by atoms with Gasteiger partial charge in [0, 0.05) is 31.6 Å². The molecule has 0 amide bonds. The average molecular weight is 475 g/mol. The molecule has 2 aliphatic heterocycles. The smallest absolute Gasteiger partial charge is 0.146 e. The van der Waals surface area contributed by atoms with Gasteiger partial charge in [-0.25, -0.2) is 0 Å². The number of ether oxygens (including phenoxy) is 2. The van der Waals surface area contributed by atoms with Gasteiger partial charge in [0.2, 0.25) is 0 Å². The number of hydrogen-bond donors (Lipinski definition) is 2. The first kappa shape index (κ1) is 23.4. The predicted octanol–water partition coefficient (Wildman–Crippen LogP) is 5.15. The molecule has 0 aliphatic carbocycles. The Morgan fingerprint density at radius 1 is 0.886 bits per heavy atom. The molecule has 6 heteroatoms. The van der Waals surface area contributed by atoms with Gasteiger partial charge in [-0.2, -0.15) is 0 Å². The fraction of sp³-hybridized carbons (Fsp3) is 0.379. The minimum absolute atomic E-state index is 0.120. The lowest BCUT2D eigenvalue weighted by Gasteiger charge is -2.27. The summed E-state index contributed by atoms with van der Waals surface area (Å²) in [4.78, 5) is 4.78. The Morgan fingerprint density at radius 2 is 1.69 bits per heavy atom. The van der Waals surface area contributed by atoms with E-state index in [1.165, 1.54) is 32.4 Å². The van der Waals surface area contributed by atoms with Crippen LogP contribution < -0.4 is 14.4 Å². The number of phenolic OH excluding ortho intramolecular Hbond substituents is 2. The number of likely N-dealkylation sites (tertiary alicyclic amines) is 1. The summed E-state index contributed by atoms with van der Waals surface area (Å²) in [6, 6.07) is 21.0. The topological polar surface area (TPSA) is 65.4 Å². The van der Waals surface area contributed by atoms with E-state index in [-0.39, 0.29) is 17.4 Å². The van der Waals surface area contributed by atoms with E-state index in [0.29, 0.717) is 25.5 Å². The van der Waals surface area contributed by atoms with Gasteiger partial charge in [0.25, 0.3) is 0 Å². The second kappa shape index (κ2) is 10.9. The highest BCUT2D eigenvalue weighted by Gasteiger charge is 2.25. The van der Waals surface area contributed by atoms with Crippen LogP contribution in [0, 0.1) is 0 Å². The van der Waals surface area contributed by atoms with Crippen molar-refractivity contribution in [2.45, 2.75) is 31.7 Å². The maximum absolute atomic E-state index is 10.0. The maximum atomic E-state index is 10.0. The van der Waals surface area contributed by atoms with Gasteiger partial charge in [-0.15, -0.1) is 0 Å². The summed E-state index contributed by atoms with van der Waals surface area (Å²) < 4.78 is 12.2. The Bertz CT molecular complexity index is 1110. The van der Waals surface area contributed by atoms with Crippen molar-refractivity contribution in [2.24, 2.45) is 0 Å². The van der Waals surface area contributed by atoms with E-state index in [1.54, 1.807) is 24.3 Å². The van der Waals surface area contributed by atoms with Crippen molar-refractivity contribution in [1.82, 2.24) is 4.90 Å². The summed E-state index contributed by atoms with van der Waals surface area (Å²) in [5.41, 5.74) is 3.23. The second-order valence-corrected chi connectivity index (χ2v) is 9.53. The number of benzene rings is 3. The van der Waals surface area contributed by atoms with Crippen molar-refractivity contribution in [3.63, 3.8) is 0 Å². The first-order valence-electron chi connectivity index (χ1n) is 12.6. The van der Waals surface area contributed by atoms with Gasteiger partial charge >= 0.3 is 0 Å². The first-order chi connectivity index (χ1) is 17.1. The zero-order chi connectivity index (χ0) is 24.0. The molecule has 0 radical (unpaired) electrons. The molecule has 6 nitrogen and oxygen atoms in total. The third-order valence-corrected chi connectivity index (χ3v) is 6.93. The number of hydrogen-bond acceptors (Lipinski definition) is 6. The summed E-state index contributed by atoms with van der Waals surface area (Å²) >= 11 is 0. The standard InChI is InChI=1S/C29H34N2O4/c32-25-9-7-23(8-10-25)24-20-31(28-12-11-26(33)18-29(28)35-21-24)19-22-5-4-6-27(17-22)34-16-15-30-13-2-1-3-14-30/h4-12,17-18,24,32-33H,1-3,13-16,19-21H2. The van der Waals surface area contributed by atoms with Crippen LogP contribution in [0.1, 0.15) is 36.3 Å². The molecule has 35 heavy (non-hydrogen) atoms. The number of aromatic hydroxyl groups is 2. The highest BCUT2D eigenvalue weighted by atomic mass is 16.5. The molecule has 0 saturated carbocycles. The van der Waals surface area contributed by atoms with Crippen LogP contribution in [0.2, 0.25) is 0 Å². The van der Waals surface area contributed by atoms with Gasteiger partial charge in [0.15, 0.2) is 0 Å². The zero-order valence-electron chi connectivity index (χ0n) is 20.1. The fourth-order valence-corrected chi connectivity index (χ4v) is 5.01. The Balaban J connectivity index is 1.31. The van der Waals surface area contributed by atoms with Crippen LogP contribution in [0.3, 0.4) is 0 Å². The molecule has 1 atom stereocenters. The molecule has 1 fully saturated rings. The molecular formula is C29H34N2O4. The molecule has 0 aromatic heterocycles. The van der Waals surface area contributed by atoms with E-state index in [1.807, 2.05) is 24.3 Å². The van der Waals surface area contributed by atoms with Crippen molar-refractivity contribution in [3.05, 3.63) is 77.9 Å². The molecule has 3 aromatic carbocycles. The van der Waals surface area contributed by atoms with Crippen LogP contribution in [-0.4, -0.2) is 54.5 Å². The lowest BCUT2D eigenvalue weighted by Crippen LogP contribution is -2.33. The van der Waals surface area contributed by atoms with E-state index < -0.39 is 0 Å². The summed E-state index contributed by atoms with van der Waals surface area (Å²) in [6.07, 6.45) is 3.93. The van der Waals surface area contributed by atoms with Gasteiger partial charge in [-0.3, -0.25) is 4.90 Å². The van der Waals surface area contributed by atoms with E-state index in [9.17, 15) is 10.2 Å². The first-order valence-corrected chi connectivity index (χ1v) is 12.6. The van der Waals surface area contributed by atoms with Gasteiger partial charge in [-0.05, 0) is 73.5 Å².